The summed E-state index contributed by atoms with van der Waals surface area (Å²) in [6.07, 6.45) is 0. The molecular weight excluding hydrogens is 276 g/mol. The molecule has 0 unspecified atom stereocenters. The van der Waals surface area contributed by atoms with E-state index in [0.717, 1.165) is 6.54 Å². The van der Waals surface area contributed by atoms with Gasteiger partial charge in [-0.1, -0.05) is 11.6 Å². The summed E-state index contributed by atoms with van der Waals surface area (Å²) in [6, 6.07) is 5.20. The fraction of sp³-hybridized carbons (Fsp3) is 0.533. The molecule has 0 bridgehead atoms. The Labute approximate surface area is 125 Å². The topological polar surface area (TPSA) is 52.6 Å². The van der Waals surface area contributed by atoms with Gasteiger partial charge in [-0.25, -0.2) is 0 Å². The summed E-state index contributed by atoms with van der Waals surface area (Å²) in [5.74, 6) is -0.233. The van der Waals surface area contributed by atoms with Crippen molar-refractivity contribution in [3.05, 3.63) is 28.8 Å². The van der Waals surface area contributed by atoms with Gasteiger partial charge < -0.3 is 10.4 Å². The Hall–Kier alpha value is -1.26. The molecule has 2 N–H and O–H groups in total. The number of amides is 1. The van der Waals surface area contributed by atoms with Crippen LogP contribution in [0.3, 0.4) is 0 Å². The van der Waals surface area contributed by atoms with Crippen LogP contribution in [0.5, 0.6) is 5.75 Å². The quantitative estimate of drug-likeness (QED) is 0.849. The van der Waals surface area contributed by atoms with Crippen LogP contribution in [0.25, 0.3) is 0 Å². The minimum Gasteiger partial charge on any atom is -0.508 e. The maximum atomic E-state index is 12.0. The number of hydrogen-bond acceptors (Lipinski definition) is 3. The van der Waals surface area contributed by atoms with Crippen molar-refractivity contribution in [1.82, 2.24) is 10.2 Å². The van der Waals surface area contributed by atoms with Crippen LogP contribution in [-0.2, 0) is 0 Å². The lowest BCUT2D eigenvalue weighted by Crippen LogP contribution is -2.42. The summed E-state index contributed by atoms with van der Waals surface area (Å²) < 4.78 is 0. The maximum absolute atomic E-state index is 12.0. The van der Waals surface area contributed by atoms with Gasteiger partial charge in [-0.05, 0) is 45.9 Å². The van der Waals surface area contributed by atoms with Crippen molar-refractivity contribution in [3.63, 3.8) is 0 Å². The zero-order chi connectivity index (χ0) is 15.3. The molecule has 0 atom stereocenters. The van der Waals surface area contributed by atoms with Crippen molar-refractivity contribution in [1.29, 1.82) is 0 Å². The molecule has 0 fully saturated rings. The number of hydrogen-bond donors (Lipinski definition) is 2. The Morgan fingerprint density at radius 1 is 1.30 bits per heavy atom. The number of halogens is 1. The van der Waals surface area contributed by atoms with Crippen LogP contribution in [0.2, 0.25) is 5.02 Å². The van der Waals surface area contributed by atoms with E-state index < -0.39 is 0 Å². The number of aromatic hydroxyl groups is 1. The van der Waals surface area contributed by atoms with Gasteiger partial charge >= 0.3 is 0 Å². The first-order valence-electron chi connectivity index (χ1n) is 6.85. The molecule has 5 heteroatoms. The molecule has 0 saturated carbocycles. The first kappa shape index (κ1) is 16.8. The van der Waals surface area contributed by atoms with Gasteiger partial charge in [-0.3, -0.25) is 9.69 Å². The second-order valence-corrected chi connectivity index (χ2v) is 5.75. The number of carbonyl (C=O) groups excluding carboxylic acids is 1. The number of phenols is 1. The molecule has 1 rings (SSSR count). The molecule has 0 aliphatic rings. The SMILES string of the molecule is CC(C)N(CCNC(=O)c1cc(O)ccc1Cl)C(C)C. The Morgan fingerprint density at radius 3 is 2.45 bits per heavy atom. The van der Waals surface area contributed by atoms with Crippen molar-refractivity contribution in [3.8, 4) is 5.75 Å². The summed E-state index contributed by atoms with van der Waals surface area (Å²) in [5.41, 5.74) is 0.298. The third-order valence-electron chi connectivity index (χ3n) is 3.18. The van der Waals surface area contributed by atoms with Gasteiger partial charge in [0.1, 0.15) is 5.75 Å². The molecule has 0 heterocycles. The van der Waals surface area contributed by atoms with Gasteiger partial charge in [0.25, 0.3) is 5.91 Å². The third-order valence-corrected chi connectivity index (χ3v) is 3.51. The van der Waals surface area contributed by atoms with Gasteiger partial charge in [0.2, 0.25) is 0 Å². The van der Waals surface area contributed by atoms with E-state index in [-0.39, 0.29) is 11.7 Å². The standard InChI is InChI=1S/C15H23ClN2O2/c1-10(2)18(11(3)4)8-7-17-15(20)13-9-12(19)5-6-14(13)16/h5-6,9-11,19H,7-8H2,1-4H3,(H,17,20). The minimum absolute atomic E-state index is 0.0329. The monoisotopic (exact) mass is 298 g/mol. The minimum atomic E-state index is -0.265. The van der Waals surface area contributed by atoms with E-state index in [0.29, 0.717) is 29.2 Å². The molecule has 0 aromatic heterocycles. The smallest absolute Gasteiger partial charge is 0.252 e. The summed E-state index contributed by atoms with van der Waals surface area (Å²) in [7, 11) is 0. The summed E-state index contributed by atoms with van der Waals surface area (Å²) >= 11 is 5.95. The molecule has 0 spiro atoms. The molecule has 4 nitrogen and oxygen atoms in total. The zero-order valence-electron chi connectivity index (χ0n) is 12.5. The molecule has 1 amide bonds. The lowest BCUT2D eigenvalue weighted by Gasteiger charge is -2.30. The predicted molar refractivity (Wildman–Crippen MR) is 82.4 cm³/mol. The average molecular weight is 299 g/mol. The average Bonchev–Trinajstić information content (AvgIpc) is 2.36. The highest BCUT2D eigenvalue weighted by atomic mass is 35.5. The largest absolute Gasteiger partial charge is 0.508 e. The lowest BCUT2D eigenvalue weighted by atomic mass is 10.2. The fourth-order valence-electron chi connectivity index (χ4n) is 2.19. The molecule has 1 aromatic carbocycles. The molecule has 20 heavy (non-hydrogen) atoms. The van der Waals surface area contributed by atoms with Crippen LogP contribution in [0.4, 0.5) is 0 Å². The predicted octanol–water partition coefficient (Wildman–Crippen LogP) is 2.89. The first-order valence-corrected chi connectivity index (χ1v) is 7.23. The van der Waals surface area contributed by atoms with E-state index in [1.807, 2.05) is 0 Å². The zero-order valence-corrected chi connectivity index (χ0v) is 13.2. The lowest BCUT2D eigenvalue weighted by molar-refractivity contribution is 0.0939. The number of rotatable bonds is 6. The highest BCUT2D eigenvalue weighted by molar-refractivity contribution is 6.33. The van der Waals surface area contributed by atoms with Crippen molar-refractivity contribution in [2.45, 2.75) is 39.8 Å². The number of phenolic OH excluding ortho intramolecular Hbond substituents is 1. The highest BCUT2D eigenvalue weighted by Crippen LogP contribution is 2.20. The van der Waals surface area contributed by atoms with E-state index in [4.69, 9.17) is 11.6 Å². The molecule has 0 saturated heterocycles. The van der Waals surface area contributed by atoms with E-state index in [1.165, 1.54) is 18.2 Å². The second-order valence-electron chi connectivity index (χ2n) is 5.35. The van der Waals surface area contributed by atoms with Gasteiger partial charge in [0, 0.05) is 25.2 Å². The van der Waals surface area contributed by atoms with Crippen LogP contribution >= 0.6 is 11.6 Å². The highest BCUT2D eigenvalue weighted by Gasteiger charge is 2.14. The number of nitrogens with one attached hydrogen (secondary N) is 1. The first-order chi connectivity index (χ1) is 9.32. The van der Waals surface area contributed by atoms with E-state index >= 15 is 0 Å². The molecule has 1 aromatic rings. The Morgan fingerprint density at radius 2 is 1.90 bits per heavy atom. The molecule has 112 valence electrons. The van der Waals surface area contributed by atoms with Gasteiger partial charge in [0.15, 0.2) is 0 Å². The van der Waals surface area contributed by atoms with Crippen LogP contribution in [0, 0.1) is 0 Å². The van der Waals surface area contributed by atoms with Crippen LogP contribution in [-0.4, -0.2) is 41.1 Å². The van der Waals surface area contributed by atoms with Crippen molar-refractivity contribution in [2.24, 2.45) is 0 Å². The summed E-state index contributed by atoms with van der Waals surface area (Å²) in [5, 5.41) is 12.6. The van der Waals surface area contributed by atoms with Crippen LogP contribution < -0.4 is 5.32 Å². The Balaban J connectivity index is 2.57. The van der Waals surface area contributed by atoms with Gasteiger partial charge in [0.05, 0.1) is 10.6 Å². The van der Waals surface area contributed by atoms with E-state index in [2.05, 4.69) is 37.9 Å². The van der Waals surface area contributed by atoms with Crippen LogP contribution in [0.15, 0.2) is 18.2 Å². The second kappa shape index (κ2) is 7.50. The molecule has 0 radical (unpaired) electrons. The van der Waals surface area contributed by atoms with Crippen molar-refractivity contribution in [2.75, 3.05) is 13.1 Å². The third kappa shape index (κ3) is 4.69. The van der Waals surface area contributed by atoms with Crippen LogP contribution in [0.1, 0.15) is 38.1 Å². The van der Waals surface area contributed by atoms with E-state index in [9.17, 15) is 9.90 Å². The normalized spacial score (nSPS) is 11.4. The number of carbonyl (C=O) groups is 1. The van der Waals surface area contributed by atoms with Crippen molar-refractivity contribution >= 4 is 17.5 Å². The van der Waals surface area contributed by atoms with Crippen molar-refractivity contribution < 1.29 is 9.90 Å². The molecule has 0 aliphatic carbocycles. The summed E-state index contributed by atoms with van der Waals surface area (Å²) in [4.78, 5) is 14.3. The Kier molecular flexibility index (Phi) is 6.30. The van der Waals surface area contributed by atoms with E-state index in [1.54, 1.807) is 0 Å². The van der Waals surface area contributed by atoms with Gasteiger partial charge in [-0.2, -0.15) is 0 Å². The fourth-order valence-corrected chi connectivity index (χ4v) is 2.40. The van der Waals surface area contributed by atoms with Gasteiger partial charge in [-0.15, -0.1) is 0 Å². The number of benzene rings is 1. The molecule has 0 aliphatic heterocycles. The molecular formula is C15H23ClN2O2. The maximum Gasteiger partial charge on any atom is 0.252 e. The Bertz CT molecular complexity index is 453. The summed E-state index contributed by atoms with van der Waals surface area (Å²) in [6.45, 7) is 9.85. The number of nitrogens with zero attached hydrogens (tertiary/aromatic N) is 1.